The van der Waals surface area contributed by atoms with Gasteiger partial charge in [0.15, 0.2) is 0 Å². The highest BCUT2D eigenvalue weighted by molar-refractivity contribution is 5.77. The van der Waals surface area contributed by atoms with Gasteiger partial charge in [-0.15, -0.1) is 0 Å². The van der Waals surface area contributed by atoms with Gasteiger partial charge in [0.2, 0.25) is 0 Å². The number of alkyl carbamates (subject to hydrolysis) is 1. The fourth-order valence-electron chi connectivity index (χ4n) is 2.87. The molecule has 2 fully saturated rings. The number of amides is 1. The van der Waals surface area contributed by atoms with Crippen LogP contribution in [0.4, 0.5) is 4.79 Å². The monoisotopic (exact) mass is 269 g/mol. The molecule has 5 nitrogen and oxygen atoms in total. The zero-order chi connectivity index (χ0) is 14.3. The van der Waals surface area contributed by atoms with E-state index in [2.05, 4.69) is 5.32 Å². The van der Waals surface area contributed by atoms with Crippen molar-refractivity contribution in [2.24, 2.45) is 11.3 Å². The Bertz CT molecular complexity index is 379. The van der Waals surface area contributed by atoms with Gasteiger partial charge in [-0.25, -0.2) is 4.79 Å². The number of rotatable bonds is 3. The largest absolute Gasteiger partial charge is 0.466 e. The molecular weight excluding hydrogens is 246 g/mol. The summed E-state index contributed by atoms with van der Waals surface area (Å²) in [6.45, 7) is 7.77. The van der Waals surface area contributed by atoms with Gasteiger partial charge in [0.25, 0.3) is 0 Å². The summed E-state index contributed by atoms with van der Waals surface area (Å²) in [5, 5.41) is 2.85. The summed E-state index contributed by atoms with van der Waals surface area (Å²) in [6.07, 6.45) is 2.24. The number of ether oxygens (including phenoxy) is 2. The predicted octanol–water partition coefficient (Wildman–Crippen LogP) is 2.24. The van der Waals surface area contributed by atoms with Gasteiger partial charge in [-0.1, -0.05) is 0 Å². The van der Waals surface area contributed by atoms with E-state index in [1.165, 1.54) is 0 Å². The van der Waals surface area contributed by atoms with Crippen molar-refractivity contribution in [2.45, 2.75) is 58.6 Å². The third-order valence-electron chi connectivity index (χ3n) is 3.79. The first-order valence-corrected chi connectivity index (χ1v) is 6.92. The minimum Gasteiger partial charge on any atom is -0.466 e. The maximum Gasteiger partial charge on any atom is 0.407 e. The van der Waals surface area contributed by atoms with E-state index < -0.39 is 5.60 Å². The molecule has 0 aromatic rings. The van der Waals surface area contributed by atoms with E-state index >= 15 is 0 Å². The lowest BCUT2D eigenvalue weighted by atomic mass is 9.75. The summed E-state index contributed by atoms with van der Waals surface area (Å²) in [7, 11) is 0. The molecule has 5 heteroatoms. The Labute approximate surface area is 114 Å². The first-order valence-electron chi connectivity index (χ1n) is 6.92. The molecular formula is C14H23NO4. The Hall–Kier alpha value is -1.26. The van der Waals surface area contributed by atoms with Crippen LogP contribution in [-0.4, -0.2) is 30.3 Å². The Morgan fingerprint density at radius 2 is 1.89 bits per heavy atom. The van der Waals surface area contributed by atoms with E-state index in [1.807, 2.05) is 27.7 Å². The van der Waals surface area contributed by atoms with Gasteiger partial charge in [0.1, 0.15) is 5.60 Å². The third-order valence-corrected chi connectivity index (χ3v) is 3.79. The molecule has 2 aliphatic rings. The first-order chi connectivity index (χ1) is 8.76. The predicted molar refractivity (Wildman–Crippen MR) is 69.6 cm³/mol. The molecule has 2 saturated carbocycles. The molecule has 1 amide bonds. The van der Waals surface area contributed by atoms with Crippen molar-refractivity contribution in [3.05, 3.63) is 0 Å². The highest BCUT2D eigenvalue weighted by Crippen LogP contribution is 2.65. The van der Waals surface area contributed by atoms with Crippen LogP contribution in [-0.2, 0) is 14.3 Å². The van der Waals surface area contributed by atoms with Crippen molar-refractivity contribution < 1.29 is 19.1 Å². The van der Waals surface area contributed by atoms with Crippen molar-refractivity contribution in [3.63, 3.8) is 0 Å². The van der Waals surface area contributed by atoms with Crippen molar-refractivity contribution in [1.82, 2.24) is 5.32 Å². The van der Waals surface area contributed by atoms with Crippen LogP contribution in [0.5, 0.6) is 0 Å². The van der Waals surface area contributed by atoms with Crippen molar-refractivity contribution in [3.8, 4) is 0 Å². The smallest absolute Gasteiger partial charge is 0.407 e. The average molecular weight is 269 g/mol. The van der Waals surface area contributed by atoms with E-state index in [-0.39, 0.29) is 29.4 Å². The Morgan fingerprint density at radius 1 is 1.26 bits per heavy atom. The quantitative estimate of drug-likeness (QED) is 0.798. The van der Waals surface area contributed by atoms with E-state index in [0.29, 0.717) is 6.61 Å². The van der Waals surface area contributed by atoms with Gasteiger partial charge in [0.05, 0.1) is 12.5 Å². The van der Waals surface area contributed by atoms with Gasteiger partial charge >= 0.3 is 12.1 Å². The second kappa shape index (κ2) is 4.69. The molecule has 0 bridgehead atoms. The number of carbonyl (C=O) groups is 2. The van der Waals surface area contributed by atoms with Crippen LogP contribution in [0.15, 0.2) is 0 Å². The summed E-state index contributed by atoms with van der Waals surface area (Å²) in [5.41, 5.74) is -0.371. The van der Waals surface area contributed by atoms with Crippen LogP contribution in [0.3, 0.4) is 0 Å². The summed E-state index contributed by atoms with van der Waals surface area (Å²) >= 11 is 0. The zero-order valence-corrected chi connectivity index (χ0v) is 12.1. The molecule has 0 saturated heterocycles. The summed E-state index contributed by atoms with van der Waals surface area (Å²) in [6, 6.07) is 0.134. The minimum atomic E-state index is -0.474. The van der Waals surface area contributed by atoms with Gasteiger partial charge in [-0.3, -0.25) is 4.79 Å². The molecule has 0 aromatic carbocycles. The van der Waals surface area contributed by atoms with Crippen molar-refractivity contribution >= 4 is 12.1 Å². The highest BCUT2D eigenvalue weighted by Gasteiger charge is 2.65. The normalized spacial score (nSPS) is 32.4. The van der Waals surface area contributed by atoms with Crippen LogP contribution in [0.25, 0.3) is 0 Å². The second-order valence-corrected chi connectivity index (χ2v) is 6.62. The van der Waals surface area contributed by atoms with Crippen LogP contribution in [0.1, 0.15) is 47.0 Å². The average Bonchev–Trinajstić information content (AvgIpc) is 2.89. The molecule has 108 valence electrons. The molecule has 0 heterocycles. The lowest BCUT2D eigenvalue weighted by Crippen LogP contribution is -2.48. The maximum absolute atomic E-state index is 11.6. The minimum absolute atomic E-state index is 0.0455. The third kappa shape index (κ3) is 3.19. The van der Waals surface area contributed by atoms with E-state index in [0.717, 1.165) is 19.3 Å². The molecule has 19 heavy (non-hydrogen) atoms. The number of nitrogens with one attached hydrogen (secondary N) is 1. The lowest BCUT2D eigenvalue weighted by Gasteiger charge is -2.37. The number of carbonyl (C=O) groups excluding carboxylic acids is 2. The van der Waals surface area contributed by atoms with Gasteiger partial charge in [0, 0.05) is 6.04 Å². The summed E-state index contributed by atoms with van der Waals surface area (Å²) in [4.78, 5) is 23.2. The first kappa shape index (κ1) is 14.2. The van der Waals surface area contributed by atoms with Crippen LogP contribution >= 0.6 is 0 Å². The lowest BCUT2D eigenvalue weighted by molar-refractivity contribution is -0.146. The maximum atomic E-state index is 11.6. The molecule has 1 unspecified atom stereocenters. The summed E-state index contributed by atoms with van der Waals surface area (Å²) < 4.78 is 10.2. The van der Waals surface area contributed by atoms with E-state index in [4.69, 9.17) is 9.47 Å². The molecule has 1 N–H and O–H groups in total. The second-order valence-electron chi connectivity index (χ2n) is 6.62. The fourth-order valence-corrected chi connectivity index (χ4v) is 2.87. The molecule has 1 atom stereocenters. The molecule has 0 aromatic heterocycles. The van der Waals surface area contributed by atoms with E-state index in [1.54, 1.807) is 0 Å². The van der Waals surface area contributed by atoms with Crippen molar-refractivity contribution in [1.29, 1.82) is 0 Å². The number of hydrogen-bond acceptors (Lipinski definition) is 4. The Morgan fingerprint density at radius 3 is 2.42 bits per heavy atom. The SMILES string of the molecule is CCOC(=O)C1CC12CC(NC(=O)OC(C)(C)C)C2. The van der Waals surface area contributed by atoms with Gasteiger partial charge < -0.3 is 14.8 Å². The van der Waals surface area contributed by atoms with Crippen molar-refractivity contribution in [2.75, 3.05) is 6.61 Å². The molecule has 2 rings (SSSR count). The highest BCUT2D eigenvalue weighted by atomic mass is 16.6. The number of esters is 1. The van der Waals surface area contributed by atoms with Gasteiger partial charge in [-0.05, 0) is 52.4 Å². The summed E-state index contributed by atoms with van der Waals surface area (Å²) in [5.74, 6) is -0.0395. The van der Waals surface area contributed by atoms with Gasteiger partial charge in [-0.2, -0.15) is 0 Å². The topological polar surface area (TPSA) is 64.6 Å². The molecule has 1 spiro atoms. The molecule has 0 aliphatic heterocycles. The number of hydrogen-bond donors (Lipinski definition) is 1. The Balaban J connectivity index is 1.70. The zero-order valence-electron chi connectivity index (χ0n) is 12.1. The standard InChI is InChI=1S/C14H23NO4/c1-5-18-11(16)10-8-14(10)6-9(7-14)15-12(17)19-13(2,3)4/h9-10H,5-8H2,1-4H3,(H,15,17). The van der Waals surface area contributed by atoms with Crippen LogP contribution in [0, 0.1) is 11.3 Å². The van der Waals surface area contributed by atoms with E-state index in [9.17, 15) is 9.59 Å². The Kier molecular flexibility index (Phi) is 3.49. The molecule has 0 radical (unpaired) electrons. The fraction of sp³-hybridized carbons (Fsp3) is 0.857. The van der Waals surface area contributed by atoms with Crippen LogP contribution in [0.2, 0.25) is 0 Å². The van der Waals surface area contributed by atoms with Crippen LogP contribution < -0.4 is 5.32 Å². The molecule has 2 aliphatic carbocycles.